The predicted octanol–water partition coefficient (Wildman–Crippen LogP) is 1.71. The number of carbonyl (C=O) groups is 1. The Kier molecular flexibility index (Phi) is 3.84. The summed E-state index contributed by atoms with van der Waals surface area (Å²) >= 11 is 0. The average Bonchev–Trinajstić information content (AvgIpc) is 2.46. The van der Waals surface area contributed by atoms with Crippen molar-refractivity contribution in [3.8, 4) is 17.0 Å². The third kappa shape index (κ3) is 2.54. The van der Waals surface area contributed by atoms with Crippen LogP contribution in [0.15, 0.2) is 29.2 Å². The number of hydrogen-bond donors (Lipinski definition) is 2. The quantitative estimate of drug-likeness (QED) is 0.885. The molecule has 0 amide bonds. The summed E-state index contributed by atoms with van der Waals surface area (Å²) < 4.78 is 5.23. The maximum Gasteiger partial charge on any atom is 0.345 e. The molecule has 0 bridgehead atoms. The number of hydrogen-bond acceptors (Lipinski definition) is 4. The van der Waals surface area contributed by atoms with Gasteiger partial charge >= 0.3 is 11.7 Å². The van der Waals surface area contributed by atoms with Crippen LogP contribution in [0.4, 0.5) is 0 Å². The van der Waals surface area contributed by atoms with Gasteiger partial charge in [-0.05, 0) is 35.7 Å². The minimum atomic E-state index is -1.14. The normalized spacial score (nSPS) is 10.3. The van der Waals surface area contributed by atoms with E-state index in [0.29, 0.717) is 5.56 Å². The second-order valence-corrected chi connectivity index (χ2v) is 4.16. The fourth-order valence-electron chi connectivity index (χ4n) is 1.99. The van der Waals surface area contributed by atoms with Crippen molar-refractivity contribution in [3.05, 3.63) is 46.0 Å². The molecule has 0 saturated heterocycles. The zero-order valence-corrected chi connectivity index (χ0v) is 11.1. The average molecular weight is 274 g/mol. The molecule has 0 fully saturated rings. The van der Waals surface area contributed by atoms with Gasteiger partial charge in [-0.2, -0.15) is 0 Å². The second kappa shape index (κ2) is 5.56. The molecular weight excluding hydrogens is 260 g/mol. The van der Waals surface area contributed by atoms with Gasteiger partial charge in [0.1, 0.15) is 11.3 Å². The molecule has 20 heavy (non-hydrogen) atoms. The number of aromatic amines is 1. The highest BCUT2D eigenvalue weighted by Gasteiger charge is 2.14. The first-order chi connectivity index (χ1) is 9.56. The van der Waals surface area contributed by atoms with Crippen LogP contribution in [0.1, 0.15) is 22.8 Å². The fraction of sp³-hybridized carbons (Fsp3) is 0.214. The van der Waals surface area contributed by atoms with Crippen LogP contribution in [-0.2, 0) is 6.42 Å². The monoisotopic (exact) mass is 274 g/mol. The number of rotatable bonds is 4. The number of aromatic nitrogens is 2. The molecule has 2 rings (SSSR count). The Morgan fingerprint density at radius 2 is 2.20 bits per heavy atom. The number of carboxylic acids is 1. The molecule has 6 nitrogen and oxygen atoms in total. The van der Waals surface area contributed by atoms with Crippen LogP contribution in [0.25, 0.3) is 11.3 Å². The van der Waals surface area contributed by atoms with E-state index in [4.69, 9.17) is 9.84 Å². The van der Waals surface area contributed by atoms with Gasteiger partial charge in [-0.1, -0.05) is 6.92 Å². The molecule has 0 radical (unpaired) electrons. The molecule has 0 saturated carbocycles. The van der Waals surface area contributed by atoms with Crippen molar-refractivity contribution in [2.75, 3.05) is 7.11 Å². The number of H-pyrrole nitrogens is 1. The van der Waals surface area contributed by atoms with Crippen LogP contribution in [0.3, 0.4) is 0 Å². The number of aromatic carboxylic acids is 1. The lowest BCUT2D eigenvalue weighted by Crippen LogP contribution is -2.15. The Labute approximate surface area is 115 Å². The zero-order chi connectivity index (χ0) is 14.7. The molecule has 0 aliphatic heterocycles. The van der Waals surface area contributed by atoms with E-state index in [0.717, 1.165) is 23.9 Å². The smallest absolute Gasteiger partial charge is 0.345 e. The lowest BCUT2D eigenvalue weighted by molar-refractivity contribution is 0.0697. The summed E-state index contributed by atoms with van der Waals surface area (Å²) in [5, 5.41) is 9.16. The van der Waals surface area contributed by atoms with Gasteiger partial charge in [0.25, 0.3) is 0 Å². The van der Waals surface area contributed by atoms with Crippen LogP contribution >= 0.6 is 0 Å². The first kappa shape index (κ1) is 13.8. The molecule has 6 heteroatoms. The number of aryl methyl sites for hydroxylation is 1. The molecule has 0 spiro atoms. The third-order valence-corrected chi connectivity index (χ3v) is 2.99. The van der Waals surface area contributed by atoms with Crippen molar-refractivity contribution in [1.29, 1.82) is 0 Å². The topological polar surface area (TPSA) is 92.3 Å². The van der Waals surface area contributed by atoms with Gasteiger partial charge < -0.3 is 14.8 Å². The van der Waals surface area contributed by atoms with Gasteiger partial charge in [0.15, 0.2) is 0 Å². The van der Waals surface area contributed by atoms with Gasteiger partial charge in [-0.15, -0.1) is 0 Å². The predicted molar refractivity (Wildman–Crippen MR) is 73.2 cm³/mol. The molecule has 2 N–H and O–H groups in total. The number of ether oxygens (including phenoxy) is 1. The van der Waals surface area contributed by atoms with E-state index in [1.807, 2.05) is 6.92 Å². The number of carboxylic acid groups (broad SMARTS) is 1. The molecule has 0 aliphatic rings. The SMILES string of the molecule is CCc1cc(-c2[nH]c(=O)ncc2C(=O)O)ccc1OC. The van der Waals surface area contributed by atoms with E-state index < -0.39 is 11.7 Å². The molecule has 0 atom stereocenters. The summed E-state index contributed by atoms with van der Waals surface area (Å²) in [6.45, 7) is 1.97. The van der Waals surface area contributed by atoms with Crippen molar-refractivity contribution < 1.29 is 14.6 Å². The highest BCUT2D eigenvalue weighted by molar-refractivity contribution is 5.94. The number of methoxy groups -OCH3 is 1. The first-order valence-electron chi connectivity index (χ1n) is 6.06. The molecule has 1 aromatic carbocycles. The summed E-state index contributed by atoms with van der Waals surface area (Å²) in [7, 11) is 1.57. The second-order valence-electron chi connectivity index (χ2n) is 4.16. The summed E-state index contributed by atoms with van der Waals surface area (Å²) in [5.41, 5.74) is 1.16. The molecule has 1 heterocycles. The van der Waals surface area contributed by atoms with E-state index in [1.54, 1.807) is 25.3 Å². The van der Waals surface area contributed by atoms with Gasteiger partial charge in [0.05, 0.1) is 12.8 Å². The van der Waals surface area contributed by atoms with E-state index >= 15 is 0 Å². The third-order valence-electron chi connectivity index (χ3n) is 2.99. The Hall–Kier alpha value is -2.63. The highest BCUT2D eigenvalue weighted by Crippen LogP contribution is 2.27. The summed E-state index contributed by atoms with van der Waals surface area (Å²) in [6.07, 6.45) is 1.79. The lowest BCUT2D eigenvalue weighted by Gasteiger charge is -2.10. The maximum absolute atomic E-state index is 11.3. The zero-order valence-electron chi connectivity index (χ0n) is 11.1. The van der Waals surface area contributed by atoms with Crippen molar-refractivity contribution in [2.45, 2.75) is 13.3 Å². The van der Waals surface area contributed by atoms with Crippen molar-refractivity contribution in [3.63, 3.8) is 0 Å². The highest BCUT2D eigenvalue weighted by atomic mass is 16.5. The van der Waals surface area contributed by atoms with E-state index in [1.165, 1.54) is 0 Å². The largest absolute Gasteiger partial charge is 0.496 e. The van der Waals surface area contributed by atoms with Crippen LogP contribution in [0.5, 0.6) is 5.75 Å². The van der Waals surface area contributed by atoms with Gasteiger partial charge in [-0.25, -0.2) is 14.6 Å². The minimum Gasteiger partial charge on any atom is -0.496 e. The molecule has 1 aromatic heterocycles. The number of benzene rings is 1. The maximum atomic E-state index is 11.3. The van der Waals surface area contributed by atoms with Crippen LogP contribution < -0.4 is 10.4 Å². The number of nitrogens with one attached hydrogen (secondary N) is 1. The van der Waals surface area contributed by atoms with Crippen molar-refractivity contribution in [2.24, 2.45) is 0 Å². The lowest BCUT2D eigenvalue weighted by atomic mass is 10.0. The van der Waals surface area contributed by atoms with Gasteiger partial charge in [0.2, 0.25) is 0 Å². The van der Waals surface area contributed by atoms with Crippen LogP contribution in [0.2, 0.25) is 0 Å². The Bertz CT molecular complexity index is 707. The molecular formula is C14H14N2O4. The summed E-state index contributed by atoms with van der Waals surface area (Å²) in [5.74, 6) is -0.415. The van der Waals surface area contributed by atoms with Crippen molar-refractivity contribution in [1.82, 2.24) is 9.97 Å². The first-order valence-corrected chi connectivity index (χ1v) is 6.06. The van der Waals surface area contributed by atoms with E-state index in [9.17, 15) is 9.59 Å². The Morgan fingerprint density at radius 1 is 1.45 bits per heavy atom. The van der Waals surface area contributed by atoms with Gasteiger partial charge in [0, 0.05) is 6.20 Å². The molecule has 2 aromatic rings. The van der Waals surface area contributed by atoms with Crippen LogP contribution in [0, 0.1) is 0 Å². The molecule has 0 aliphatic carbocycles. The standard InChI is InChI=1S/C14H14N2O4/c1-3-8-6-9(4-5-11(8)20-2)12-10(13(17)18)7-15-14(19)16-12/h4-7H,3H2,1-2H3,(H,17,18)(H,15,16,19). The van der Waals surface area contributed by atoms with Crippen molar-refractivity contribution >= 4 is 5.97 Å². The van der Waals surface area contributed by atoms with E-state index in [2.05, 4.69) is 9.97 Å². The summed E-state index contributed by atoms with van der Waals surface area (Å²) in [6, 6.07) is 5.25. The van der Waals surface area contributed by atoms with Crippen LogP contribution in [-0.4, -0.2) is 28.2 Å². The Balaban J connectivity index is 2.65. The Morgan fingerprint density at radius 3 is 2.80 bits per heavy atom. The minimum absolute atomic E-state index is 0.0446. The van der Waals surface area contributed by atoms with Gasteiger partial charge in [-0.3, -0.25) is 0 Å². The summed E-state index contributed by atoms with van der Waals surface area (Å²) in [4.78, 5) is 28.4. The molecule has 104 valence electrons. The van der Waals surface area contributed by atoms with E-state index in [-0.39, 0.29) is 11.3 Å². The fourth-order valence-corrected chi connectivity index (χ4v) is 1.99. The number of nitrogens with zero attached hydrogens (tertiary/aromatic N) is 1. The molecule has 0 unspecified atom stereocenters.